The molecule has 0 radical (unpaired) electrons. The molecule has 1 aliphatic carbocycles. The van der Waals surface area contributed by atoms with E-state index in [1.165, 1.54) is 25.7 Å². The molecule has 2 rings (SSSR count). The van der Waals surface area contributed by atoms with E-state index in [-0.39, 0.29) is 5.54 Å². The first-order valence-corrected chi connectivity index (χ1v) is 5.47. The molecule has 1 atom stereocenters. The molecule has 1 unspecified atom stereocenters. The van der Waals surface area contributed by atoms with Crippen LogP contribution in [0.5, 0.6) is 0 Å². The fourth-order valence-electron chi connectivity index (χ4n) is 2.90. The summed E-state index contributed by atoms with van der Waals surface area (Å²) in [6.45, 7) is 3.13. The van der Waals surface area contributed by atoms with Gasteiger partial charge >= 0.3 is 0 Å². The molecule has 1 aliphatic heterocycles. The SMILES string of the molecule is CC1(C2CCCC2)CC(=O)CCN1. The number of rotatable bonds is 1. The van der Waals surface area contributed by atoms with Crippen LogP contribution in [0, 0.1) is 5.92 Å². The van der Waals surface area contributed by atoms with Gasteiger partial charge in [-0.2, -0.15) is 0 Å². The zero-order valence-electron chi connectivity index (χ0n) is 8.44. The summed E-state index contributed by atoms with van der Waals surface area (Å²) in [7, 11) is 0. The number of carbonyl (C=O) groups excluding carboxylic acids is 1. The second-order valence-corrected chi connectivity index (χ2v) is 4.79. The Morgan fingerprint density at radius 1 is 1.38 bits per heavy atom. The maximum atomic E-state index is 11.4. The zero-order valence-corrected chi connectivity index (χ0v) is 8.44. The van der Waals surface area contributed by atoms with Gasteiger partial charge in [0.2, 0.25) is 0 Å². The van der Waals surface area contributed by atoms with Gasteiger partial charge in [-0.1, -0.05) is 12.8 Å². The van der Waals surface area contributed by atoms with E-state index in [0.717, 1.165) is 25.3 Å². The zero-order chi connectivity index (χ0) is 9.31. The minimum atomic E-state index is 0.131. The predicted molar refractivity (Wildman–Crippen MR) is 52.6 cm³/mol. The summed E-state index contributed by atoms with van der Waals surface area (Å²) in [6.07, 6.45) is 6.85. The van der Waals surface area contributed by atoms with Crippen LogP contribution < -0.4 is 5.32 Å². The highest BCUT2D eigenvalue weighted by molar-refractivity contribution is 5.80. The summed E-state index contributed by atoms with van der Waals surface area (Å²) >= 11 is 0. The van der Waals surface area contributed by atoms with E-state index in [1.807, 2.05) is 0 Å². The van der Waals surface area contributed by atoms with Gasteiger partial charge in [0.1, 0.15) is 5.78 Å². The van der Waals surface area contributed by atoms with Crippen molar-refractivity contribution >= 4 is 5.78 Å². The third-order valence-electron chi connectivity index (χ3n) is 3.75. The Labute approximate surface area is 80.1 Å². The number of hydrogen-bond donors (Lipinski definition) is 1. The Hall–Kier alpha value is -0.370. The lowest BCUT2D eigenvalue weighted by molar-refractivity contribution is -0.122. The second kappa shape index (κ2) is 3.41. The maximum Gasteiger partial charge on any atom is 0.136 e. The van der Waals surface area contributed by atoms with Gasteiger partial charge in [-0.3, -0.25) is 4.79 Å². The second-order valence-electron chi connectivity index (χ2n) is 4.79. The van der Waals surface area contributed by atoms with E-state index in [2.05, 4.69) is 12.2 Å². The first-order valence-electron chi connectivity index (χ1n) is 5.47. The number of piperidine rings is 1. The molecule has 2 aliphatic rings. The van der Waals surface area contributed by atoms with Gasteiger partial charge in [0, 0.05) is 24.9 Å². The maximum absolute atomic E-state index is 11.4. The molecule has 2 nitrogen and oxygen atoms in total. The Morgan fingerprint density at radius 3 is 2.69 bits per heavy atom. The predicted octanol–water partition coefficient (Wildman–Crippen LogP) is 1.89. The molecule has 2 heteroatoms. The van der Waals surface area contributed by atoms with Gasteiger partial charge in [0.15, 0.2) is 0 Å². The number of carbonyl (C=O) groups is 1. The highest BCUT2D eigenvalue weighted by atomic mass is 16.1. The number of ketones is 1. The van der Waals surface area contributed by atoms with Crippen molar-refractivity contribution in [3.05, 3.63) is 0 Å². The fraction of sp³-hybridized carbons (Fsp3) is 0.909. The summed E-state index contributed by atoms with van der Waals surface area (Å²) in [5, 5.41) is 3.55. The summed E-state index contributed by atoms with van der Waals surface area (Å²) in [6, 6.07) is 0. The van der Waals surface area contributed by atoms with Crippen LogP contribution in [0.3, 0.4) is 0 Å². The van der Waals surface area contributed by atoms with Gasteiger partial charge in [-0.15, -0.1) is 0 Å². The van der Waals surface area contributed by atoms with Crippen LogP contribution in [-0.4, -0.2) is 17.9 Å². The Kier molecular flexibility index (Phi) is 2.41. The molecule has 74 valence electrons. The molecule has 13 heavy (non-hydrogen) atoms. The van der Waals surface area contributed by atoms with Gasteiger partial charge in [0.05, 0.1) is 0 Å². The summed E-state index contributed by atoms with van der Waals surface area (Å²) < 4.78 is 0. The Bertz CT molecular complexity index is 208. The lowest BCUT2D eigenvalue weighted by Crippen LogP contribution is -2.53. The van der Waals surface area contributed by atoms with Crippen molar-refractivity contribution in [2.75, 3.05) is 6.54 Å². The van der Waals surface area contributed by atoms with E-state index < -0.39 is 0 Å². The van der Waals surface area contributed by atoms with Crippen molar-refractivity contribution < 1.29 is 4.79 Å². The largest absolute Gasteiger partial charge is 0.310 e. The standard InChI is InChI=1S/C11H19NO/c1-11(9-4-2-3-5-9)8-10(13)6-7-12-11/h9,12H,2-8H2,1H3. The highest BCUT2D eigenvalue weighted by Crippen LogP contribution is 2.37. The van der Waals surface area contributed by atoms with Crippen molar-refractivity contribution in [3.8, 4) is 0 Å². The molecule has 0 amide bonds. The van der Waals surface area contributed by atoms with Crippen molar-refractivity contribution in [3.63, 3.8) is 0 Å². The molecule has 1 heterocycles. The van der Waals surface area contributed by atoms with Crippen LogP contribution in [0.25, 0.3) is 0 Å². The molecule has 1 N–H and O–H groups in total. The van der Waals surface area contributed by atoms with Crippen molar-refractivity contribution in [1.82, 2.24) is 5.32 Å². The average molecular weight is 181 g/mol. The van der Waals surface area contributed by atoms with Crippen molar-refractivity contribution in [2.45, 2.75) is 51.0 Å². The van der Waals surface area contributed by atoms with Crippen LogP contribution in [0.2, 0.25) is 0 Å². The van der Waals surface area contributed by atoms with Crippen LogP contribution in [0.1, 0.15) is 45.4 Å². The van der Waals surface area contributed by atoms with Gasteiger partial charge in [-0.25, -0.2) is 0 Å². The number of nitrogens with one attached hydrogen (secondary N) is 1. The Morgan fingerprint density at radius 2 is 2.08 bits per heavy atom. The lowest BCUT2D eigenvalue weighted by Gasteiger charge is -2.39. The van der Waals surface area contributed by atoms with E-state index in [9.17, 15) is 4.79 Å². The molecule has 1 saturated heterocycles. The molecule has 0 aromatic carbocycles. The monoisotopic (exact) mass is 181 g/mol. The normalized spacial score (nSPS) is 36.8. The fourth-order valence-corrected chi connectivity index (χ4v) is 2.90. The minimum Gasteiger partial charge on any atom is -0.310 e. The summed E-state index contributed by atoms with van der Waals surface area (Å²) in [5.74, 6) is 1.20. The van der Waals surface area contributed by atoms with Crippen LogP contribution in [-0.2, 0) is 4.79 Å². The van der Waals surface area contributed by atoms with Crippen LogP contribution in [0.4, 0.5) is 0 Å². The number of Topliss-reactive ketones (excluding diaryl/α,β-unsaturated/α-hetero) is 1. The molecule has 0 bridgehead atoms. The molecule has 2 fully saturated rings. The van der Waals surface area contributed by atoms with Gasteiger partial charge in [-0.05, 0) is 25.7 Å². The third kappa shape index (κ3) is 1.78. The van der Waals surface area contributed by atoms with Crippen molar-refractivity contribution in [1.29, 1.82) is 0 Å². The molecular weight excluding hydrogens is 162 g/mol. The van der Waals surface area contributed by atoms with Crippen molar-refractivity contribution in [2.24, 2.45) is 5.92 Å². The van der Waals surface area contributed by atoms with E-state index in [0.29, 0.717) is 5.78 Å². The van der Waals surface area contributed by atoms with Gasteiger partial charge < -0.3 is 5.32 Å². The molecule has 1 saturated carbocycles. The van der Waals surface area contributed by atoms with E-state index in [1.54, 1.807) is 0 Å². The Balaban J connectivity index is 2.04. The van der Waals surface area contributed by atoms with E-state index >= 15 is 0 Å². The van der Waals surface area contributed by atoms with Crippen LogP contribution >= 0.6 is 0 Å². The van der Waals surface area contributed by atoms with Gasteiger partial charge in [0.25, 0.3) is 0 Å². The first-order chi connectivity index (χ1) is 6.21. The molecule has 0 aromatic rings. The quantitative estimate of drug-likeness (QED) is 0.669. The first kappa shape index (κ1) is 9.20. The molecule has 0 spiro atoms. The van der Waals surface area contributed by atoms with Crippen LogP contribution in [0.15, 0.2) is 0 Å². The topological polar surface area (TPSA) is 29.1 Å². The van der Waals surface area contributed by atoms with E-state index in [4.69, 9.17) is 0 Å². The average Bonchev–Trinajstić information content (AvgIpc) is 2.55. The summed E-state index contributed by atoms with van der Waals surface area (Å²) in [5.41, 5.74) is 0.131. The highest BCUT2D eigenvalue weighted by Gasteiger charge is 2.39. The summed E-state index contributed by atoms with van der Waals surface area (Å²) in [4.78, 5) is 11.4. The molecule has 0 aromatic heterocycles. The minimum absolute atomic E-state index is 0.131. The third-order valence-corrected chi connectivity index (χ3v) is 3.75. The lowest BCUT2D eigenvalue weighted by atomic mass is 9.78. The smallest absolute Gasteiger partial charge is 0.136 e. The molecular formula is C11H19NO. The number of hydrogen-bond acceptors (Lipinski definition) is 2.